The van der Waals surface area contributed by atoms with E-state index in [9.17, 15) is 4.79 Å². The predicted molar refractivity (Wildman–Crippen MR) is 92.5 cm³/mol. The van der Waals surface area contributed by atoms with Crippen LogP contribution in [0.5, 0.6) is 5.75 Å². The van der Waals surface area contributed by atoms with Gasteiger partial charge in [-0.05, 0) is 12.1 Å². The molecule has 0 saturated heterocycles. The van der Waals surface area contributed by atoms with E-state index in [4.69, 9.17) is 18.9 Å². The molecule has 6 heteroatoms. The fourth-order valence-corrected chi connectivity index (χ4v) is 1.94. The van der Waals surface area contributed by atoms with Gasteiger partial charge in [-0.3, -0.25) is 0 Å². The van der Waals surface area contributed by atoms with Gasteiger partial charge in [-0.1, -0.05) is 47.4 Å². The second-order valence-electron chi connectivity index (χ2n) is 4.47. The smallest absolute Gasteiger partial charge is 0.330 e. The predicted octanol–water partition coefficient (Wildman–Crippen LogP) is 2.63. The van der Waals surface area contributed by atoms with Gasteiger partial charge in [-0.2, -0.15) is 0 Å². The number of carbonyl (C=O) groups is 1. The highest BCUT2D eigenvalue weighted by Gasteiger charge is 2.14. The first-order valence-electron chi connectivity index (χ1n) is 6.87. The van der Waals surface area contributed by atoms with Crippen molar-refractivity contribution < 1.29 is 23.7 Å². The fraction of sp³-hybridized carbons (Fsp3) is 0.438. The number of benzene rings is 1. The van der Waals surface area contributed by atoms with Gasteiger partial charge in [0.15, 0.2) is 0 Å². The topological polar surface area (TPSA) is 54.0 Å². The van der Waals surface area contributed by atoms with E-state index in [1.165, 1.54) is 0 Å². The third kappa shape index (κ3) is 8.35. The maximum Gasteiger partial charge on any atom is 0.330 e. The molecule has 2 unspecified atom stereocenters. The quantitative estimate of drug-likeness (QED) is 0.239. The Labute approximate surface area is 144 Å². The third-order valence-electron chi connectivity index (χ3n) is 2.62. The summed E-state index contributed by atoms with van der Waals surface area (Å²) in [7, 11) is 1.62. The Morgan fingerprint density at radius 1 is 1.23 bits per heavy atom. The number of carbonyl (C=O) groups excluding carboxylic acids is 1. The average Bonchev–Trinajstić information content (AvgIpc) is 2.56. The number of alkyl halides is 1. The SMILES string of the molecule is C=CC(=O)OCC(I)COC(COC)COc1ccccc1. The van der Waals surface area contributed by atoms with Crippen LogP contribution in [0, 0.1) is 0 Å². The first-order chi connectivity index (χ1) is 10.7. The van der Waals surface area contributed by atoms with Gasteiger partial charge in [0.25, 0.3) is 0 Å². The number of rotatable bonds is 11. The van der Waals surface area contributed by atoms with Crippen LogP contribution in [-0.2, 0) is 19.0 Å². The normalized spacial score (nSPS) is 13.2. The lowest BCUT2D eigenvalue weighted by Crippen LogP contribution is -2.30. The summed E-state index contributed by atoms with van der Waals surface area (Å²) < 4.78 is 21.6. The lowest BCUT2D eigenvalue weighted by atomic mass is 10.3. The molecule has 0 fully saturated rings. The summed E-state index contributed by atoms with van der Waals surface area (Å²) in [6, 6.07) is 9.54. The van der Waals surface area contributed by atoms with Crippen molar-refractivity contribution >= 4 is 28.6 Å². The molecule has 2 atom stereocenters. The zero-order valence-electron chi connectivity index (χ0n) is 12.6. The minimum absolute atomic E-state index is 0.0533. The van der Waals surface area contributed by atoms with Crippen molar-refractivity contribution in [1.29, 1.82) is 0 Å². The Kier molecular flexibility index (Phi) is 9.85. The summed E-state index contributed by atoms with van der Waals surface area (Å²) in [5.41, 5.74) is 0. The molecule has 1 rings (SSSR count). The van der Waals surface area contributed by atoms with E-state index in [0.717, 1.165) is 11.8 Å². The van der Waals surface area contributed by atoms with Gasteiger partial charge in [-0.15, -0.1) is 0 Å². The van der Waals surface area contributed by atoms with Crippen LogP contribution in [-0.4, -0.2) is 49.5 Å². The summed E-state index contributed by atoms with van der Waals surface area (Å²) in [6.07, 6.45) is 0.962. The van der Waals surface area contributed by atoms with Crippen LogP contribution in [0.4, 0.5) is 0 Å². The number of methoxy groups -OCH3 is 1. The number of halogens is 1. The molecule has 1 aromatic carbocycles. The van der Waals surface area contributed by atoms with Gasteiger partial charge in [-0.25, -0.2) is 4.79 Å². The Morgan fingerprint density at radius 2 is 1.95 bits per heavy atom. The van der Waals surface area contributed by atoms with Crippen LogP contribution in [0.25, 0.3) is 0 Å². The molecule has 0 radical (unpaired) electrons. The van der Waals surface area contributed by atoms with Crippen LogP contribution in [0.3, 0.4) is 0 Å². The summed E-state index contributed by atoms with van der Waals surface area (Å²) >= 11 is 2.17. The third-order valence-corrected chi connectivity index (χ3v) is 3.34. The van der Waals surface area contributed by atoms with Gasteiger partial charge in [0.2, 0.25) is 0 Å². The molecular weight excluding hydrogens is 399 g/mol. The number of esters is 1. The second-order valence-corrected chi connectivity index (χ2v) is 6.23. The highest BCUT2D eigenvalue weighted by atomic mass is 127. The zero-order valence-corrected chi connectivity index (χ0v) is 14.7. The Balaban J connectivity index is 2.30. The van der Waals surface area contributed by atoms with E-state index in [1.54, 1.807) is 7.11 Å². The summed E-state index contributed by atoms with van der Waals surface area (Å²) in [4.78, 5) is 11.0. The monoisotopic (exact) mass is 420 g/mol. The van der Waals surface area contributed by atoms with E-state index < -0.39 is 5.97 Å². The largest absolute Gasteiger partial charge is 0.491 e. The first kappa shape index (κ1) is 18.9. The molecule has 22 heavy (non-hydrogen) atoms. The number of hydrogen-bond donors (Lipinski definition) is 0. The Hall–Kier alpha value is -1.12. The Morgan fingerprint density at radius 3 is 2.59 bits per heavy atom. The van der Waals surface area contributed by atoms with Crippen molar-refractivity contribution in [3.63, 3.8) is 0 Å². The molecule has 0 aromatic heterocycles. The van der Waals surface area contributed by atoms with E-state index >= 15 is 0 Å². The average molecular weight is 420 g/mol. The minimum atomic E-state index is -0.428. The van der Waals surface area contributed by atoms with E-state index in [2.05, 4.69) is 29.2 Å². The second kappa shape index (κ2) is 11.4. The lowest BCUT2D eigenvalue weighted by Gasteiger charge is -2.19. The first-order valence-corrected chi connectivity index (χ1v) is 8.12. The summed E-state index contributed by atoms with van der Waals surface area (Å²) in [5, 5.41) is 0. The number of ether oxygens (including phenoxy) is 4. The highest BCUT2D eigenvalue weighted by molar-refractivity contribution is 14.1. The van der Waals surface area contributed by atoms with E-state index in [1.807, 2.05) is 30.3 Å². The highest BCUT2D eigenvalue weighted by Crippen LogP contribution is 2.10. The van der Waals surface area contributed by atoms with Gasteiger partial charge < -0.3 is 18.9 Å². The van der Waals surface area contributed by atoms with Crippen molar-refractivity contribution in [1.82, 2.24) is 0 Å². The molecule has 0 N–H and O–H groups in total. The molecule has 0 spiro atoms. The molecule has 0 amide bonds. The van der Waals surface area contributed by atoms with Gasteiger partial charge in [0.1, 0.15) is 25.1 Å². The van der Waals surface area contributed by atoms with Gasteiger partial charge in [0.05, 0.1) is 17.1 Å². The van der Waals surface area contributed by atoms with Crippen LogP contribution in [0.15, 0.2) is 43.0 Å². The molecular formula is C16H21IO5. The molecule has 0 aliphatic carbocycles. The van der Waals surface area contributed by atoms with Gasteiger partial charge >= 0.3 is 5.97 Å². The molecule has 0 aliphatic rings. The van der Waals surface area contributed by atoms with Crippen molar-refractivity contribution in [3.05, 3.63) is 43.0 Å². The molecule has 0 bridgehead atoms. The van der Waals surface area contributed by atoms with Crippen molar-refractivity contribution in [2.75, 3.05) is 33.5 Å². The van der Waals surface area contributed by atoms with Crippen LogP contribution in [0.1, 0.15) is 0 Å². The lowest BCUT2D eigenvalue weighted by molar-refractivity contribution is -0.138. The number of hydrogen-bond acceptors (Lipinski definition) is 5. The maximum absolute atomic E-state index is 11.0. The number of para-hydroxylation sites is 1. The summed E-state index contributed by atoms with van der Waals surface area (Å²) in [5.74, 6) is 0.362. The summed E-state index contributed by atoms with van der Waals surface area (Å²) in [6.45, 7) is 4.90. The van der Waals surface area contributed by atoms with Crippen LogP contribution in [0.2, 0.25) is 0 Å². The zero-order chi connectivity index (χ0) is 16.2. The van der Waals surface area contributed by atoms with Crippen molar-refractivity contribution in [3.8, 4) is 5.75 Å². The Bertz CT molecular complexity index is 437. The maximum atomic E-state index is 11.0. The van der Waals surface area contributed by atoms with Crippen molar-refractivity contribution in [2.45, 2.75) is 10.0 Å². The molecule has 0 saturated carbocycles. The molecule has 1 aromatic rings. The molecule has 5 nitrogen and oxygen atoms in total. The van der Waals surface area contributed by atoms with E-state index in [-0.39, 0.29) is 16.6 Å². The van der Waals surface area contributed by atoms with E-state index in [0.29, 0.717) is 19.8 Å². The van der Waals surface area contributed by atoms with Crippen LogP contribution < -0.4 is 4.74 Å². The fourth-order valence-electron chi connectivity index (χ4n) is 1.56. The van der Waals surface area contributed by atoms with Crippen LogP contribution >= 0.6 is 22.6 Å². The standard InChI is InChI=1S/C16H21IO5/c1-3-16(18)22-10-13(17)9-20-15(11-19-2)12-21-14-7-5-4-6-8-14/h3-8,13,15H,1,9-12H2,2H3. The van der Waals surface area contributed by atoms with Crippen molar-refractivity contribution in [2.24, 2.45) is 0 Å². The molecule has 0 aliphatic heterocycles. The molecule has 122 valence electrons. The minimum Gasteiger partial charge on any atom is -0.491 e. The van der Waals surface area contributed by atoms with Gasteiger partial charge in [0, 0.05) is 13.2 Å². The molecule has 0 heterocycles.